The molecule has 7 nitrogen and oxygen atoms in total. The summed E-state index contributed by atoms with van der Waals surface area (Å²) in [7, 11) is 0. The number of amides is 1. The zero-order valence-corrected chi connectivity index (χ0v) is 18.3. The number of carbonyl (C=O) groups excluding carboxylic acids is 1. The minimum Gasteiger partial charge on any atom is -0.300 e. The first-order valence-electron chi connectivity index (χ1n) is 9.00. The number of hydrogen-bond acceptors (Lipinski definition) is 7. The first kappa shape index (κ1) is 20.2. The molecule has 9 heteroatoms. The van der Waals surface area contributed by atoms with Gasteiger partial charge < -0.3 is 5.32 Å². The smallest absolute Gasteiger partial charge is 0.276 e. The highest BCUT2D eigenvalue weighted by Gasteiger charge is 2.19. The molecule has 0 radical (unpaired) electrons. The molecular formula is C21H16BrN5O2S. The Morgan fingerprint density at radius 1 is 1.10 bits per heavy atom. The van der Waals surface area contributed by atoms with E-state index in [0.29, 0.717) is 21.1 Å². The highest BCUT2D eigenvalue weighted by atomic mass is 79.9. The second-order valence-electron chi connectivity index (χ2n) is 6.40. The summed E-state index contributed by atoms with van der Waals surface area (Å²) in [6, 6.07) is 17.6. The Hall–Kier alpha value is -3.04. The molecule has 2 aromatic carbocycles. The number of aromatic nitrogens is 4. The van der Waals surface area contributed by atoms with Crippen molar-refractivity contribution in [3.05, 3.63) is 82.1 Å². The van der Waals surface area contributed by atoms with Gasteiger partial charge in [0.2, 0.25) is 5.82 Å². The van der Waals surface area contributed by atoms with Gasteiger partial charge in [0.1, 0.15) is 5.69 Å². The van der Waals surface area contributed by atoms with E-state index in [-0.39, 0.29) is 11.5 Å². The predicted octanol–water partition coefficient (Wildman–Crippen LogP) is 5.14. The minimum absolute atomic E-state index is 0.207. The van der Waals surface area contributed by atoms with Crippen LogP contribution in [-0.2, 0) is 5.75 Å². The van der Waals surface area contributed by atoms with Gasteiger partial charge in [-0.3, -0.25) is 4.79 Å². The lowest BCUT2D eigenvalue weighted by molar-refractivity contribution is 0.101. The lowest BCUT2D eigenvalue weighted by atomic mass is 10.1. The average Bonchev–Trinajstić information content (AvgIpc) is 3.23. The van der Waals surface area contributed by atoms with Gasteiger partial charge >= 0.3 is 0 Å². The van der Waals surface area contributed by atoms with Crippen molar-refractivity contribution in [2.75, 3.05) is 5.32 Å². The Kier molecular flexibility index (Phi) is 6.20. The molecule has 0 saturated heterocycles. The number of carbonyl (C=O) groups is 1. The molecule has 2 heterocycles. The second-order valence-corrected chi connectivity index (χ2v) is 8.20. The fourth-order valence-electron chi connectivity index (χ4n) is 2.63. The number of nitrogens with zero attached hydrogens (tertiary/aromatic N) is 4. The molecule has 1 N–H and O–H groups in total. The topological polar surface area (TPSA) is 93.8 Å². The van der Waals surface area contributed by atoms with Gasteiger partial charge in [-0.15, -0.1) is 0 Å². The number of nitrogens with one attached hydrogen (secondary N) is 1. The van der Waals surface area contributed by atoms with Crippen molar-refractivity contribution < 1.29 is 9.42 Å². The molecule has 0 spiro atoms. The Morgan fingerprint density at radius 2 is 1.87 bits per heavy atom. The number of benzene rings is 2. The van der Waals surface area contributed by atoms with E-state index in [1.807, 2.05) is 37.3 Å². The van der Waals surface area contributed by atoms with E-state index in [1.165, 1.54) is 17.3 Å². The molecule has 0 aliphatic rings. The van der Waals surface area contributed by atoms with Crippen molar-refractivity contribution in [3.63, 3.8) is 0 Å². The zero-order valence-electron chi connectivity index (χ0n) is 15.9. The molecule has 4 aromatic rings. The van der Waals surface area contributed by atoms with E-state index in [4.69, 9.17) is 4.63 Å². The second kappa shape index (κ2) is 9.19. The number of rotatable bonds is 6. The Balaban J connectivity index is 1.50. The fourth-order valence-corrected chi connectivity index (χ4v) is 3.78. The van der Waals surface area contributed by atoms with Gasteiger partial charge in [-0.05, 0) is 38.7 Å². The van der Waals surface area contributed by atoms with Gasteiger partial charge in [-0.25, -0.2) is 14.6 Å². The molecule has 150 valence electrons. The summed E-state index contributed by atoms with van der Waals surface area (Å²) in [6.07, 6.45) is 1.57. The van der Waals surface area contributed by atoms with E-state index in [2.05, 4.69) is 65.8 Å². The molecule has 4 rings (SSSR count). The van der Waals surface area contributed by atoms with Gasteiger partial charge in [0.05, 0.1) is 4.47 Å². The van der Waals surface area contributed by atoms with Crippen LogP contribution in [-0.4, -0.2) is 26.2 Å². The standard InChI is InChI=1S/C21H16BrN5O2S/c1-13-7-9-14(10-8-13)12-30-21-23-11-16(22)18(24-21)20(28)25-19-17(26-29-27-19)15-5-3-2-4-6-15/h2-11H,12H2,1H3,(H,25,27,28). The monoisotopic (exact) mass is 481 g/mol. The quantitative estimate of drug-likeness (QED) is 0.300. The maximum atomic E-state index is 12.8. The third-order valence-electron chi connectivity index (χ3n) is 4.19. The third-order valence-corrected chi connectivity index (χ3v) is 5.71. The van der Waals surface area contributed by atoms with Crippen molar-refractivity contribution in [1.82, 2.24) is 20.3 Å². The number of halogens is 1. The van der Waals surface area contributed by atoms with Crippen molar-refractivity contribution >= 4 is 39.4 Å². The van der Waals surface area contributed by atoms with Crippen LogP contribution >= 0.6 is 27.7 Å². The fraction of sp³-hybridized carbons (Fsp3) is 0.0952. The van der Waals surface area contributed by atoms with Crippen LogP contribution in [0.1, 0.15) is 21.6 Å². The van der Waals surface area contributed by atoms with Crippen molar-refractivity contribution in [1.29, 1.82) is 0 Å². The summed E-state index contributed by atoms with van der Waals surface area (Å²) < 4.78 is 5.31. The summed E-state index contributed by atoms with van der Waals surface area (Å²) in [5.74, 6) is 0.494. The molecule has 0 aliphatic carbocycles. The normalized spacial score (nSPS) is 10.7. The largest absolute Gasteiger partial charge is 0.300 e. The molecule has 30 heavy (non-hydrogen) atoms. The maximum Gasteiger partial charge on any atom is 0.276 e. The van der Waals surface area contributed by atoms with Crippen molar-refractivity contribution in [2.45, 2.75) is 17.8 Å². The first-order chi connectivity index (χ1) is 14.6. The van der Waals surface area contributed by atoms with Crippen LogP contribution < -0.4 is 5.32 Å². The highest BCUT2D eigenvalue weighted by Crippen LogP contribution is 2.26. The number of thioether (sulfide) groups is 1. The molecule has 0 saturated carbocycles. The molecule has 0 fully saturated rings. The average molecular weight is 482 g/mol. The van der Waals surface area contributed by atoms with Gasteiger partial charge in [-0.1, -0.05) is 71.9 Å². The van der Waals surface area contributed by atoms with Crippen LogP contribution in [0.5, 0.6) is 0 Å². The van der Waals surface area contributed by atoms with Gasteiger partial charge in [0, 0.05) is 17.5 Å². The van der Waals surface area contributed by atoms with Gasteiger partial charge in [-0.2, -0.15) is 0 Å². The Labute approximate surface area is 185 Å². The van der Waals surface area contributed by atoms with Crippen LogP contribution in [0.25, 0.3) is 11.3 Å². The summed E-state index contributed by atoms with van der Waals surface area (Å²) in [4.78, 5) is 21.5. The maximum absolute atomic E-state index is 12.8. The highest BCUT2D eigenvalue weighted by molar-refractivity contribution is 9.10. The first-order valence-corrected chi connectivity index (χ1v) is 10.8. The van der Waals surface area contributed by atoms with E-state index in [0.717, 1.165) is 11.1 Å². The summed E-state index contributed by atoms with van der Waals surface area (Å²) in [5.41, 5.74) is 3.80. The van der Waals surface area contributed by atoms with Crippen LogP contribution in [0.4, 0.5) is 5.82 Å². The third kappa shape index (κ3) is 4.74. The zero-order chi connectivity index (χ0) is 20.9. The molecule has 0 bridgehead atoms. The summed E-state index contributed by atoms with van der Waals surface area (Å²) >= 11 is 4.81. The molecule has 0 aliphatic heterocycles. The Morgan fingerprint density at radius 3 is 2.63 bits per heavy atom. The number of hydrogen-bond donors (Lipinski definition) is 1. The summed E-state index contributed by atoms with van der Waals surface area (Å²) in [6.45, 7) is 2.05. The van der Waals surface area contributed by atoms with Crippen molar-refractivity contribution in [2.24, 2.45) is 0 Å². The SMILES string of the molecule is Cc1ccc(CSc2ncc(Br)c(C(=O)Nc3nonc3-c3ccccc3)n2)cc1. The molecular weight excluding hydrogens is 466 g/mol. The van der Waals surface area contributed by atoms with Crippen molar-refractivity contribution in [3.8, 4) is 11.3 Å². The lowest BCUT2D eigenvalue weighted by Gasteiger charge is -2.07. The molecule has 2 aromatic heterocycles. The van der Waals surface area contributed by atoms with E-state index >= 15 is 0 Å². The van der Waals surface area contributed by atoms with Crippen LogP contribution in [0, 0.1) is 6.92 Å². The van der Waals surface area contributed by atoms with E-state index < -0.39 is 5.91 Å². The van der Waals surface area contributed by atoms with E-state index in [1.54, 1.807) is 6.20 Å². The number of anilines is 1. The van der Waals surface area contributed by atoms with Gasteiger partial charge in [0.25, 0.3) is 5.91 Å². The lowest BCUT2D eigenvalue weighted by Crippen LogP contribution is -2.16. The Bertz CT molecular complexity index is 1170. The van der Waals surface area contributed by atoms with Crippen LogP contribution in [0.3, 0.4) is 0 Å². The van der Waals surface area contributed by atoms with Crippen LogP contribution in [0.15, 0.2) is 75.1 Å². The molecule has 0 atom stereocenters. The summed E-state index contributed by atoms with van der Waals surface area (Å²) in [5, 5.41) is 10.9. The van der Waals surface area contributed by atoms with Gasteiger partial charge in [0.15, 0.2) is 10.9 Å². The minimum atomic E-state index is -0.436. The van der Waals surface area contributed by atoms with Crippen LogP contribution in [0.2, 0.25) is 0 Å². The number of aryl methyl sites for hydroxylation is 1. The molecule has 1 amide bonds. The predicted molar refractivity (Wildman–Crippen MR) is 118 cm³/mol. The molecule has 0 unspecified atom stereocenters. The van der Waals surface area contributed by atoms with E-state index in [9.17, 15) is 4.79 Å².